The lowest BCUT2D eigenvalue weighted by molar-refractivity contribution is -0.134. The van der Waals surface area contributed by atoms with Crippen LogP contribution in [0.1, 0.15) is 52.0 Å². The second kappa shape index (κ2) is 11.6. The van der Waals surface area contributed by atoms with Crippen LogP contribution in [0.25, 0.3) is 0 Å². The van der Waals surface area contributed by atoms with Gasteiger partial charge in [-0.25, -0.2) is 4.79 Å². The standard InChI is InChI=1S/C26H39N3O6/c1-26(2,3)35-25(32)29-13-6-8-19(16-29)24(31)27-20-9-7-12-28(17-20)23(30)15-18-10-11-21(33-4)22(14-18)34-5/h10-11,14,19-20H,6-9,12-13,15-17H2,1-5H3,(H,27,31)/t19-,20+/m0/s1. The molecule has 9 nitrogen and oxygen atoms in total. The van der Waals surface area contributed by atoms with E-state index in [9.17, 15) is 14.4 Å². The fourth-order valence-electron chi connectivity index (χ4n) is 4.60. The summed E-state index contributed by atoms with van der Waals surface area (Å²) in [6.07, 6.45) is 3.04. The van der Waals surface area contributed by atoms with E-state index in [0.29, 0.717) is 37.7 Å². The Morgan fingerprint density at radius 1 is 0.971 bits per heavy atom. The predicted octanol–water partition coefficient (Wildman–Crippen LogP) is 3.00. The summed E-state index contributed by atoms with van der Waals surface area (Å²) >= 11 is 0. The lowest BCUT2D eigenvalue weighted by Gasteiger charge is -2.36. The zero-order valence-corrected chi connectivity index (χ0v) is 21.6. The Labute approximate surface area is 208 Å². The highest BCUT2D eigenvalue weighted by Crippen LogP contribution is 2.28. The number of hydrogen-bond donors (Lipinski definition) is 1. The van der Waals surface area contributed by atoms with Gasteiger partial charge >= 0.3 is 6.09 Å². The maximum Gasteiger partial charge on any atom is 0.410 e. The molecule has 194 valence electrons. The van der Waals surface area contributed by atoms with Crippen LogP contribution in [0.2, 0.25) is 0 Å². The van der Waals surface area contributed by atoms with Crippen molar-refractivity contribution in [3.05, 3.63) is 23.8 Å². The average molecular weight is 490 g/mol. The Kier molecular flexibility index (Phi) is 8.86. The summed E-state index contributed by atoms with van der Waals surface area (Å²) in [5.74, 6) is 0.906. The fraction of sp³-hybridized carbons (Fsp3) is 0.654. The quantitative estimate of drug-likeness (QED) is 0.660. The van der Waals surface area contributed by atoms with Gasteiger partial charge in [0.25, 0.3) is 0 Å². The number of piperidine rings is 2. The van der Waals surface area contributed by atoms with Crippen molar-refractivity contribution in [1.29, 1.82) is 0 Å². The molecule has 1 aromatic rings. The molecule has 0 bridgehead atoms. The van der Waals surface area contributed by atoms with Gasteiger partial charge in [-0.05, 0) is 64.2 Å². The van der Waals surface area contributed by atoms with E-state index in [2.05, 4.69) is 5.32 Å². The van der Waals surface area contributed by atoms with Crippen LogP contribution in [0, 0.1) is 5.92 Å². The summed E-state index contributed by atoms with van der Waals surface area (Å²) in [6.45, 7) is 7.62. The highest BCUT2D eigenvalue weighted by Gasteiger charge is 2.33. The van der Waals surface area contributed by atoms with Gasteiger partial charge in [0.05, 0.1) is 26.6 Å². The predicted molar refractivity (Wildman–Crippen MR) is 132 cm³/mol. The van der Waals surface area contributed by atoms with Crippen LogP contribution in [0.15, 0.2) is 18.2 Å². The molecule has 0 spiro atoms. The van der Waals surface area contributed by atoms with Gasteiger partial charge in [0.2, 0.25) is 11.8 Å². The number of nitrogens with one attached hydrogen (secondary N) is 1. The summed E-state index contributed by atoms with van der Waals surface area (Å²) in [5, 5.41) is 3.13. The number of carbonyl (C=O) groups excluding carboxylic acids is 3. The molecule has 2 atom stereocenters. The van der Waals surface area contributed by atoms with Gasteiger partial charge in [-0.15, -0.1) is 0 Å². The lowest BCUT2D eigenvalue weighted by atomic mass is 9.96. The maximum atomic E-state index is 13.0. The summed E-state index contributed by atoms with van der Waals surface area (Å²) < 4.78 is 16.1. The van der Waals surface area contributed by atoms with Crippen LogP contribution in [-0.4, -0.2) is 79.7 Å². The second-order valence-electron chi connectivity index (χ2n) is 10.3. The first-order chi connectivity index (χ1) is 16.6. The zero-order valence-electron chi connectivity index (χ0n) is 21.6. The van der Waals surface area contributed by atoms with Crippen molar-refractivity contribution in [3.63, 3.8) is 0 Å². The Balaban J connectivity index is 1.53. The molecule has 2 fully saturated rings. The minimum Gasteiger partial charge on any atom is -0.493 e. The molecule has 2 aliphatic heterocycles. The highest BCUT2D eigenvalue weighted by molar-refractivity contribution is 5.81. The largest absolute Gasteiger partial charge is 0.493 e. The van der Waals surface area contributed by atoms with Gasteiger partial charge in [-0.1, -0.05) is 6.07 Å². The number of benzene rings is 1. The van der Waals surface area contributed by atoms with E-state index in [1.165, 1.54) is 0 Å². The number of methoxy groups -OCH3 is 2. The molecular formula is C26H39N3O6. The third kappa shape index (κ3) is 7.50. The fourth-order valence-corrected chi connectivity index (χ4v) is 4.60. The van der Waals surface area contributed by atoms with Crippen molar-refractivity contribution in [1.82, 2.24) is 15.1 Å². The van der Waals surface area contributed by atoms with Crippen molar-refractivity contribution in [2.45, 2.75) is 64.5 Å². The smallest absolute Gasteiger partial charge is 0.410 e. The highest BCUT2D eigenvalue weighted by atomic mass is 16.6. The molecule has 0 aliphatic carbocycles. The molecule has 0 saturated carbocycles. The number of ether oxygens (including phenoxy) is 3. The summed E-state index contributed by atoms with van der Waals surface area (Å²) in [5.41, 5.74) is 0.282. The minimum absolute atomic E-state index is 0.0185. The van der Waals surface area contributed by atoms with Crippen LogP contribution in [0.3, 0.4) is 0 Å². The molecular weight excluding hydrogens is 450 g/mol. The van der Waals surface area contributed by atoms with Gasteiger partial charge in [-0.2, -0.15) is 0 Å². The zero-order chi connectivity index (χ0) is 25.6. The maximum absolute atomic E-state index is 13.0. The third-order valence-corrected chi connectivity index (χ3v) is 6.37. The Morgan fingerprint density at radius 2 is 1.66 bits per heavy atom. The van der Waals surface area contributed by atoms with Crippen LogP contribution >= 0.6 is 0 Å². The minimum atomic E-state index is -0.568. The molecule has 3 rings (SSSR count). The first kappa shape index (κ1) is 26.6. The molecule has 2 heterocycles. The van der Waals surface area contributed by atoms with Crippen LogP contribution in [0.5, 0.6) is 11.5 Å². The SMILES string of the molecule is COc1ccc(CC(=O)N2CCC[C@@H](NC(=O)[C@H]3CCCN(C(=O)OC(C)(C)C)C3)C2)cc1OC. The molecule has 2 saturated heterocycles. The van der Waals surface area contributed by atoms with Crippen LogP contribution in [0.4, 0.5) is 4.79 Å². The summed E-state index contributed by atoms with van der Waals surface area (Å²) in [7, 11) is 3.15. The van der Waals surface area contributed by atoms with Gasteiger partial charge < -0.3 is 29.3 Å². The average Bonchev–Trinajstić information content (AvgIpc) is 2.83. The number of carbonyl (C=O) groups is 3. The lowest BCUT2D eigenvalue weighted by Crippen LogP contribution is -2.53. The molecule has 35 heavy (non-hydrogen) atoms. The van der Waals surface area contributed by atoms with E-state index < -0.39 is 5.60 Å². The van der Waals surface area contributed by atoms with E-state index in [1.54, 1.807) is 25.2 Å². The van der Waals surface area contributed by atoms with Crippen LogP contribution < -0.4 is 14.8 Å². The van der Waals surface area contributed by atoms with E-state index in [0.717, 1.165) is 31.2 Å². The van der Waals surface area contributed by atoms with E-state index in [1.807, 2.05) is 37.8 Å². The Bertz CT molecular complexity index is 913. The van der Waals surface area contributed by atoms with Crippen molar-refractivity contribution >= 4 is 17.9 Å². The van der Waals surface area contributed by atoms with Crippen molar-refractivity contribution in [3.8, 4) is 11.5 Å². The van der Waals surface area contributed by atoms with Crippen LogP contribution in [-0.2, 0) is 20.7 Å². The number of hydrogen-bond acceptors (Lipinski definition) is 6. The van der Waals surface area contributed by atoms with E-state index in [4.69, 9.17) is 14.2 Å². The molecule has 1 N–H and O–H groups in total. The first-order valence-corrected chi connectivity index (χ1v) is 12.4. The Hall–Kier alpha value is -2.97. The van der Waals surface area contributed by atoms with Crippen molar-refractivity contribution in [2.75, 3.05) is 40.4 Å². The van der Waals surface area contributed by atoms with Crippen molar-refractivity contribution in [2.24, 2.45) is 5.92 Å². The van der Waals surface area contributed by atoms with Gasteiger partial charge in [0.1, 0.15) is 5.60 Å². The van der Waals surface area contributed by atoms with Crippen molar-refractivity contribution < 1.29 is 28.6 Å². The second-order valence-corrected chi connectivity index (χ2v) is 10.3. The number of nitrogens with zero attached hydrogens (tertiary/aromatic N) is 2. The molecule has 0 radical (unpaired) electrons. The first-order valence-electron chi connectivity index (χ1n) is 12.4. The summed E-state index contributed by atoms with van der Waals surface area (Å²) in [6, 6.07) is 5.38. The van der Waals surface area contributed by atoms with E-state index in [-0.39, 0.29) is 36.3 Å². The monoisotopic (exact) mass is 489 g/mol. The molecule has 2 aliphatic rings. The number of amides is 3. The molecule has 0 aromatic heterocycles. The third-order valence-electron chi connectivity index (χ3n) is 6.37. The van der Waals surface area contributed by atoms with E-state index >= 15 is 0 Å². The van der Waals surface area contributed by atoms with Gasteiger partial charge in [-0.3, -0.25) is 9.59 Å². The number of likely N-dealkylation sites (tertiary alicyclic amines) is 2. The normalized spacial score (nSPS) is 20.7. The Morgan fingerprint density at radius 3 is 2.34 bits per heavy atom. The van der Waals surface area contributed by atoms with Gasteiger partial charge in [0, 0.05) is 32.2 Å². The molecule has 9 heteroatoms. The van der Waals surface area contributed by atoms with Gasteiger partial charge in [0.15, 0.2) is 11.5 Å². The molecule has 0 unspecified atom stereocenters. The summed E-state index contributed by atoms with van der Waals surface area (Å²) in [4.78, 5) is 41.8. The molecule has 1 aromatic carbocycles. The topological polar surface area (TPSA) is 97.4 Å². The molecule has 3 amide bonds. The number of rotatable bonds is 6.